The number of hydrogen-bond acceptors (Lipinski definition) is 6. The van der Waals surface area contributed by atoms with Crippen LogP contribution in [0.4, 0.5) is 11.4 Å². The summed E-state index contributed by atoms with van der Waals surface area (Å²) < 4.78 is 5.42. The predicted molar refractivity (Wildman–Crippen MR) is 147 cm³/mol. The number of nitrogens with one attached hydrogen (secondary N) is 2. The van der Waals surface area contributed by atoms with Gasteiger partial charge in [-0.3, -0.25) is 9.59 Å². The summed E-state index contributed by atoms with van der Waals surface area (Å²) in [6.45, 7) is 8.95. The number of likely N-dealkylation sites (tertiary alicyclic amines) is 1. The standard InChI is InChI=1S/C30H38N4O4/c1-30(2,3)38-29(37)20-9-11-21(12-10-20)32-28(36)27-24-6-4-7-25(23(24)13-16-31-27)33-18-14-22(15-19-33)34-17-5-8-26(34)35/h4,6-7,9-12,22,27,31H,5,8,13-19H2,1-3H3,(H,32,36). The van der Waals surface area contributed by atoms with Crippen molar-refractivity contribution in [1.29, 1.82) is 0 Å². The number of carbonyl (C=O) groups excluding carboxylic acids is 3. The zero-order valence-corrected chi connectivity index (χ0v) is 22.6. The van der Waals surface area contributed by atoms with Gasteiger partial charge in [-0.15, -0.1) is 0 Å². The van der Waals surface area contributed by atoms with Gasteiger partial charge < -0.3 is 25.2 Å². The fourth-order valence-corrected chi connectivity index (χ4v) is 5.83. The molecule has 2 fully saturated rings. The lowest BCUT2D eigenvalue weighted by Crippen LogP contribution is -2.46. The third-order valence-electron chi connectivity index (χ3n) is 7.63. The molecule has 2 amide bonds. The molecule has 2 aromatic carbocycles. The van der Waals surface area contributed by atoms with E-state index in [9.17, 15) is 14.4 Å². The Morgan fingerprint density at radius 1 is 1.00 bits per heavy atom. The topological polar surface area (TPSA) is 91.0 Å². The predicted octanol–water partition coefficient (Wildman–Crippen LogP) is 4.06. The van der Waals surface area contributed by atoms with Gasteiger partial charge in [-0.25, -0.2) is 4.79 Å². The minimum Gasteiger partial charge on any atom is -0.456 e. The molecule has 1 unspecified atom stereocenters. The largest absolute Gasteiger partial charge is 0.456 e. The molecule has 3 aliphatic rings. The van der Waals surface area contributed by atoms with Crippen LogP contribution in [0, 0.1) is 0 Å². The maximum absolute atomic E-state index is 13.3. The van der Waals surface area contributed by atoms with Gasteiger partial charge in [0.05, 0.1) is 5.56 Å². The highest BCUT2D eigenvalue weighted by Crippen LogP contribution is 2.34. The van der Waals surface area contributed by atoms with Crippen LogP contribution in [0.5, 0.6) is 0 Å². The number of ether oxygens (including phenoxy) is 1. The average molecular weight is 519 g/mol. The van der Waals surface area contributed by atoms with Crippen molar-refractivity contribution < 1.29 is 19.1 Å². The molecule has 0 saturated carbocycles. The second-order valence-electron chi connectivity index (χ2n) is 11.5. The summed E-state index contributed by atoms with van der Waals surface area (Å²) >= 11 is 0. The fourth-order valence-electron chi connectivity index (χ4n) is 5.83. The summed E-state index contributed by atoms with van der Waals surface area (Å²) in [7, 11) is 0. The summed E-state index contributed by atoms with van der Waals surface area (Å²) in [4.78, 5) is 42.3. The molecule has 3 heterocycles. The fraction of sp³-hybridized carbons (Fsp3) is 0.500. The summed E-state index contributed by atoms with van der Waals surface area (Å²) in [6, 6.07) is 12.9. The minimum absolute atomic E-state index is 0.126. The normalized spacial score (nSPS) is 20.3. The Bertz CT molecular complexity index is 1200. The number of esters is 1. The van der Waals surface area contributed by atoms with Crippen LogP contribution in [-0.4, -0.2) is 60.5 Å². The van der Waals surface area contributed by atoms with Crippen LogP contribution in [-0.2, 0) is 20.7 Å². The minimum atomic E-state index is -0.564. The van der Waals surface area contributed by atoms with Crippen molar-refractivity contribution in [1.82, 2.24) is 10.2 Å². The Kier molecular flexibility index (Phi) is 7.43. The van der Waals surface area contributed by atoms with Crippen molar-refractivity contribution in [2.45, 2.75) is 70.6 Å². The van der Waals surface area contributed by atoms with E-state index in [1.807, 2.05) is 32.9 Å². The second kappa shape index (κ2) is 10.8. The Balaban J connectivity index is 1.25. The Labute approximate surface area is 224 Å². The number of fused-ring (bicyclic) bond motifs is 1. The van der Waals surface area contributed by atoms with Crippen LogP contribution >= 0.6 is 0 Å². The molecule has 1 atom stereocenters. The van der Waals surface area contributed by atoms with E-state index in [1.165, 1.54) is 11.3 Å². The van der Waals surface area contributed by atoms with Crippen LogP contribution in [0.15, 0.2) is 42.5 Å². The highest BCUT2D eigenvalue weighted by atomic mass is 16.6. The first-order valence-electron chi connectivity index (χ1n) is 13.7. The Hall–Kier alpha value is -3.39. The lowest BCUT2D eigenvalue weighted by Gasteiger charge is -2.39. The molecule has 8 heteroatoms. The molecule has 0 aliphatic carbocycles. The van der Waals surface area contributed by atoms with Gasteiger partial charge in [0.1, 0.15) is 11.6 Å². The Morgan fingerprint density at radius 2 is 1.74 bits per heavy atom. The van der Waals surface area contributed by atoms with Crippen molar-refractivity contribution in [3.8, 4) is 0 Å². The number of benzene rings is 2. The van der Waals surface area contributed by atoms with E-state index in [4.69, 9.17) is 4.74 Å². The van der Waals surface area contributed by atoms with E-state index in [0.717, 1.165) is 57.4 Å². The molecule has 5 rings (SSSR count). The molecular weight excluding hydrogens is 480 g/mol. The van der Waals surface area contributed by atoms with Crippen LogP contribution in [0.3, 0.4) is 0 Å². The smallest absolute Gasteiger partial charge is 0.338 e. The first kappa shape index (κ1) is 26.2. The van der Waals surface area contributed by atoms with Gasteiger partial charge in [-0.2, -0.15) is 0 Å². The Morgan fingerprint density at radius 3 is 2.39 bits per heavy atom. The maximum Gasteiger partial charge on any atom is 0.338 e. The number of rotatable bonds is 5. The van der Waals surface area contributed by atoms with Crippen molar-refractivity contribution in [2.75, 3.05) is 36.4 Å². The first-order valence-corrected chi connectivity index (χ1v) is 13.7. The van der Waals surface area contributed by atoms with E-state index in [1.54, 1.807) is 24.3 Å². The summed E-state index contributed by atoms with van der Waals surface area (Å²) in [5, 5.41) is 6.38. The average Bonchev–Trinajstić information content (AvgIpc) is 3.33. The van der Waals surface area contributed by atoms with Gasteiger partial charge >= 0.3 is 5.97 Å². The highest BCUT2D eigenvalue weighted by Gasteiger charge is 2.33. The summed E-state index contributed by atoms with van der Waals surface area (Å²) in [6.07, 6.45) is 4.50. The molecule has 2 N–H and O–H groups in total. The second-order valence-corrected chi connectivity index (χ2v) is 11.5. The van der Waals surface area contributed by atoms with E-state index in [2.05, 4.69) is 26.5 Å². The van der Waals surface area contributed by atoms with Gasteiger partial charge in [-0.05, 0) is 87.9 Å². The van der Waals surface area contributed by atoms with Crippen LogP contribution in [0.2, 0.25) is 0 Å². The quantitative estimate of drug-likeness (QED) is 0.581. The summed E-state index contributed by atoms with van der Waals surface area (Å²) in [5.41, 5.74) is 3.95. The maximum atomic E-state index is 13.3. The van der Waals surface area contributed by atoms with Crippen molar-refractivity contribution >= 4 is 29.2 Å². The van der Waals surface area contributed by atoms with Gasteiger partial charge in [0.25, 0.3) is 0 Å². The monoisotopic (exact) mass is 518 g/mol. The summed E-state index contributed by atoms with van der Waals surface area (Å²) in [5.74, 6) is -0.207. The first-order chi connectivity index (χ1) is 18.2. The molecule has 2 saturated heterocycles. The van der Waals surface area contributed by atoms with Crippen molar-refractivity contribution in [2.24, 2.45) is 0 Å². The van der Waals surface area contributed by atoms with Gasteiger partial charge in [-0.1, -0.05) is 12.1 Å². The van der Waals surface area contributed by atoms with E-state index >= 15 is 0 Å². The number of piperidine rings is 1. The van der Waals surface area contributed by atoms with Gasteiger partial charge in [0.15, 0.2) is 0 Å². The van der Waals surface area contributed by atoms with E-state index < -0.39 is 11.6 Å². The van der Waals surface area contributed by atoms with Gasteiger partial charge in [0, 0.05) is 50.0 Å². The SMILES string of the molecule is CC(C)(C)OC(=O)c1ccc(NC(=O)C2NCCc3c2cccc3N2CCC(N3CCCC3=O)CC2)cc1. The molecule has 3 aliphatic heterocycles. The zero-order chi connectivity index (χ0) is 26.9. The lowest BCUT2D eigenvalue weighted by atomic mass is 9.91. The molecule has 0 bridgehead atoms. The van der Waals surface area contributed by atoms with E-state index in [-0.39, 0.29) is 11.9 Å². The van der Waals surface area contributed by atoms with Gasteiger partial charge in [0.2, 0.25) is 11.8 Å². The van der Waals surface area contributed by atoms with Crippen LogP contribution < -0.4 is 15.5 Å². The molecule has 202 valence electrons. The lowest BCUT2D eigenvalue weighted by molar-refractivity contribution is -0.130. The molecule has 38 heavy (non-hydrogen) atoms. The molecule has 8 nitrogen and oxygen atoms in total. The van der Waals surface area contributed by atoms with Crippen LogP contribution in [0.25, 0.3) is 0 Å². The zero-order valence-electron chi connectivity index (χ0n) is 22.6. The molecular formula is C30H38N4O4. The number of amides is 2. The number of anilines is 2. The highest BCUT2D eigenvalue weighted by molar-refractivity contribution is 5.97. The van der Waals surface area contributed by atoms with E-state index in [0.29, 0.717) is 29.6 Å². The molecule has 2 aromatic rings. The molecule has 0 spiro atoms. The van der Waals surface area contributed by atoms with Crippen LogP contribution in [0.1, 0.15) is 74.0 Å². The number of nitrogens with zero attached hydrogens (tertiary/aromatic N) is 2. The number of carbonyl (C=O) groups is 3. The molecule has 0 radical (unpaired) electrons. The van der Waals surface area contributed by atoms with Crippen molar-refractivity contribution in [3.63, 3.8) is 0 Å². The third kappa shape index (κ3) is 5.70. The van der Waals surface area contributed by atoms with Crippen molar-refractivity contribution in [3.05, 3.63) is 59.2 Å². The number of hydrogen-bond donors (Lipinski definition) is 2. The third-order valence-corrected chi connectivity index (χ3v) is 7.63. The molecule has 0 aromatic heterocycles.